The van der Waals surface area contributed by atoms with Gasteiger partial charge >= 0.3 is 0 Å². The van der Waals surface area contributed by atoms with E-state index in [1.165, 1.54) is 41.5 Å². The minimum absolute atomic E-state index is 0.00816. The van der Waals surface area contributed by atoms with Crippen molar-refractivity contribution in [1.82, 2.24) is 0 Å². The minimum atomic E-state index is 0.00816. The molecule has 0 heterocycles. The third-order valence-electron chi connectivity index (χ3n) is 6.58. The molecule has 0 radical (unpaired) electrons. The first kappa shape index (κ1) is 22.1. The summed E-state index contributed by atoms with van der Waals surface area (Å²) < 4.78 is 5.30. The number of hydrogen-bond acceptors (Lipinski definition) is 2. The van der Waals surface area contributed by atoms with E-state index in [1.54, 1.807) is 7.11 Å². The molecule has 1 saturated carbocycles. The molecule has 27 heavy (non-hydrogen) atoms. The van der Waals surface area contributed by atoms with E-state index in [9.17, 15) is 4.79 Å². The molecule has 0 amide bonds. The molecule has 0 N–H and O–H groups in total. The summed E-state index contributed by atoms with van der Waals surface area (Å²) in [6, 6.07) is 4.50. The van der Waals surface area contributed by atoms with E-state index in [0.29, 0.717) is 18.1 Å². The number of hydrogen-bond donors (Lipinski definition) is 0. The van der Waals surface area contributed by atoms with E-state index >= 15 is 0 Å². The molecule has 0 spiro atoms. The van der Waals surface area contributed by atoms with E-state index in [0.717, 1.165) is 32.3 Å². The van der Waals surface area contributed by atoms with E-state index < -0.39 is 0 Å². The second-order valence-electron chi connectivity index (χ2n) is 9.49. The van der Waals surface area contributed by atoms with Crippen molar-refractivity contribution in [1.29, 1.82) is 0 Å². The lowest BCUT2D eigenvalue weighted by atomic mass is 9.67. The molecule has 0 aromatic heterocycles. The fourth-order valence-corrected chi connectivity index (χ4v) is 5.22. The number of ketones is 1. The van der Waals surface area contributed by atoms with E-state index in [1.807, 2.05) is 0 Å². The maximum atomic E-state index is 13.4. The lowest BCUT2D eigenvalue weighted by Crippen LogP contribution is -2.30. The highest BCUT2D eigenvalue weighted by Crippen LogP contribution is 2.44. The van der Waals surface area contributed by atoms with Crippen LogP contribution in [0.4, 0.5) is 0 Å². The highest BCUT2D eigenvalue weighted by Gasteiger charge is 2.37. The molecule has 0 bridgehead atoms. The van der Waals surface area contributed by atoms with Gasteiger partial charge in [-0.15, -0.1) is 0 Å². The summed E-state index contributed by atoms with van der Waals surface area (Å²) in [5.41, 5.74) is 5.16. The number of ether oxygens (including phenoxy) is 1. The predicted octanol–water partition coefficient (Wildman–Crippen LogP) is 6.69. The van der Waals surface area contributed by atoms with Gasteiger partial charge in [-0.2, -0.15) is 0 Å². The van der Waals surface area contributed by atoms with Gasteiger partial charge in [-0.3, -0.25) is 4.79 Å². The molecule has 2 nitrogen and oxygen atoms in total. The number of carbonyl (C=O) groups excluding carboxylic acids is 1. The molecular formula is C25H40O2. The van der Waals surface area contributed by atoms with E-state index in [-0.39, 0.29) is 11.3 Å². The van der Waals surface area contributed by atoms with Crippen molar-refractivity contribution >= 4 is 5.78 Å². The van der Waals surface area contributed by atoms with Gasteiger partial charge < -0.3 is 4.74 Å². The predicted molar refractivity (Wildman–Crippen MR) is 114 cm³/mol. The summed E-state index contributed by atoms with van der Waals surface area (Å²) >= 11 is 0. The molecule has 2 heteroatoms. The molecule has 1 fully saturated rings. The molecule has 0 aliphatic heterocycles. The fourth-order valence-electron chi connectivity index (χ4n) is 5.22. The Bertz CT molecular complexity index is 606. The van der Waals surface area contributed by atoms with Crippen LogP contribution in [-0.4, -0.2) is 19.5 Å². The number of rotatable bonds is 4. The Morgan fingerprint density at radius 1 is 1.04 bits per heavy atom. The van der Waals surface area contributed by atoms with Crippen LogP contribution in [0.5, 0.6) is 0 Å². The van der Waals surface area contributed by atoms with Crippen molar-refractivity contribution in [3.63, 3.8) is 0 Å². The quantitative estimate of drug-likeness (QED) is 0.588. The maximum Gasteiger partial charge on any atom is 0.140 e. The van der Waals surface area contributed by atoms with Gasteiger partial charge in [0, 0.05) is 26.1 Å². The van der Waals surface area contributed by atoms with Crippen LogP contribution in [0.2, 0.25) is 0 Å². The number of aryl methyl sites for hydroxylation is 3. The van der Waals surface area contributed by atoms with Gasteiger partial charge in [0.15, 0.2) is 0 Å². The average molecular weight is 373 g/mol. The van der Waals surface area contributed by atoms with Crippen molar-refractivity contribution in [3.05, 3.63) is 34.4 Å². The monoisotopic (exact) mass is 372 g/mol. The molecule has 0 saturated heterocycles. The van der Waals surface area contributed by atoms with E-state index in [2.05, 4.69) is 46.8 Å². The molecule has 2 atom stereocenters. The summed E-state index contributed by atoms with van der Waals surface area (Å²) in [6.07, 6.45) is 8.90. The lowest BCUT2D eigenvalue weighted by molar-refractivity contribution is -0.123. The van der Waals surface area contributed by atoms with Gasteiger partial charge in [0.2, 0.25) is 0 Å². The Hall–Kier alpha value is -1.15. The number of carbonyl (C=O) groups is 1. The van der Waals surface area contributed by atoms with E-state index in [4.69, 9.17) is 4.74 Å². The standard InChI is InChI=1S/C25H40O2/c1-18-16-19(2)23(20(3)17-18)24-22(26)12-9-11-21(13-15-27-6)10-7-8-14-25(24,4)5/h16-17,21,24H,7-15H2,1-6H3. The Labute approximate surface area is 167 Å². The highest BCUT2D eigenvalue weighted by molar-refractivity contribution is 5.87. The van der Waals surface area contributed by atoms with Crippen molar-refractivity contribution in [2.75, 3.05) is 13.7 Å². The van der Waals surface area contributed by atoms with Crippen LogP contribution in [0.25, 0.3) is 0 Å². The first-order chi connectivity index (χ1) is 12.8. The number of Topliss-reactive ketones (excluding diaryl/α,β-unsaturated/α-hetero) is 1. The van der Waals surface area contributed by atoms with Gasteiger partial charge in [-0.25, -0.2) is 0 Å². The van der Waals surface area contributed by atoms with Gasteiger partial charge in [0.05, 0.1) is 0 Å². The van der Waals surface area contributed by atoms with Gasteiger partial charge in [-0.1, -0.05) is 50.8 Å². The summed E-state index contributed by atoms with van der Waals surface area (Å²) in [5, 5.41) is 0. The second kappa shape index (κ2) is 9.87. The molecule has 2 unspecified atom stereocenters. The normalized spacial score (nSPS) is 24.4. The largest absolute Gasteiger partial charge is 0.385 e. The second-order valence-corrected chi connectivity index (χ2v) is 9.49. The van der Waals surface area contributed by atoms with Crippen LogP contribution in [0.1, 0.15) is 93.4 Å². The highest BCUT2D eigenvalue weighted by atomic mass is 16.5. The average Bonchev–Trinajstić information content (AvgIpc) is 2.59. The molecule has 1 aliphatic rings. The molecule has 1 aromatic carbocycles. The van der Waals surface area contributed by atoms with Crippen LogP contribution < -0.4 is 0 Å². The van der Waals surface area contributed by atoms with Crippen LogP contribution in [0, 0.1) is 32.1 Å². The third kappa shape index (κ3) is 5.91. The Morgan fingerprint density at radius 3 is 2.30 bits per heavy atom. The lowest BCUT2D eigenvalue weighted by Gasteiger charge is -2.36. The first-order valence-corrected chi connectivity index (χ1v) is 10.9. The summed E-state index contributed by atoms with van der Waals surface area (Å²) in [5.74, 6) is 1.18. The maximum absolute atomic E-state index is 13.4. The van der Waals surface area contributed by atoms with Crippen molar-refractivity contribution in [2.24, 2.45) is 11.3 Å². The van der Waals surface area contributed by atoms with Crippen molar-refractivity contribution in [2.45, 2.75) is 91.9 Å². The van der Waals surface area contributed by atoms with Gasteiger partial charge in [0.25, 0.3) is 0 Å². The van der Waals surface area contributed by atoms with Crippen molar-refractivity contribution < 1.29 is 9.53 Å². The number of benzene rings is 1. The molecule has 152 valence electrons. The summed E-state index contributed by atoms with van der Waals surface area (Å²) in [6.45, 7) is 12.0. The third-order valence-corrected chi connectivity index (χ3v) is 6.58. The Kier molecular flexibility index (Phi) is 8.09. The minimum Gasteiger partial charge on any atom is -0.385 e. The molecule has 1 aromatic rings. The van der Waals surface area contributed by atoms with Crippen LogP contribution in [-0.2, 0) is 9.53 Å². The van der Waals surface area contributed by atoms with Crippen LogP contribution >= 0.6 is 0 Å². The topological polar surface area (TPSA) is 26.3 Å². The van der Waals surface area contributed by atoms with Gasteiger partial charge in [-0.05, 0) is 74.5 Å². The first-order valence-electron chi connectivity index (χ1n) is 10.9. The molecular weight excluding hydrogens is 332 g/mol. The molecule has 1 aliphatic carbocycles. The zero-order chi connectivity index (χ0) is 20.0. The SMILES string of the molecule is COCCC1CCCCC(C)(C)C(c2c(C)cc(C)cc2C)C(=O)CCC1. The van der Waals surface area contributed by atoms with Crippen LogP contribution in [0.3, 0.4) is 0 Å². The zero-order valence-electron chi connectivity index (χ0n) is 18.5. The number of methoxy groups -OCH3 is 1. The summed E-state index contributed by atoms with van der Waals surface area (Å²) in [7, 11) is 1.79. The van der Waals surface area contributed by atoms with Gasteiger partial charge in [0.1, 0.15) is 5.78 Å². The van der Waals surface area contributed by atoms with Crippen LogP contribution in [0.15, 0.2) is 12.1 Å². The zero-order valence-corrected chi connectivity index (χ0v) is 18.5. The summed E-state index contributed by atoms with van der Waals surface area (Å²) in [4.78, 5) is 13.4. The fraction of sp³-hybridized carbons (Fsp3) is 0.720. The Balaban J connectivity index is 2.29. The Morgan fingerprint density at radius 2 is 1.67 bits per heavy atom. The molecule has 2 rings (SSSR count). The smallest absolute Gasteiger partial charge is 0.140 e. The van der Waals surface area contributed by atoms with Crippen molar-refractivity contribution in [3.8, 4) is 0 Å².